The van der Waals surface area contributed by atoms with Crippen LogP contribution in [0.2, 0.25) is 0 Å². The van der Waals surface area contributed by atoms with Gasteiger partial charge in [-0.1, -0.05) is 0 Å². The predicted molar refractivity (Wildman–Crippen MR) is 70.0 cm³/mol. The molecule has 2 fully saturated rings. The largest absolute Gasteiger partial charge is 0.314 e. The lowest BCUT2D eigenvalue weighted by atomic mass is 9.88. The number of likely N-dealkylation sites (tertiary alicyclic amines) is 1. The van der Waals surface area contributed by atoms with Crippen LogP contribution in [-0.4, -0.2) is 43.8 Å². The maximum atomic E-state index is 12.0. The average Bonchev–Trinajstić information content (AvgIpc) is 2.89. The summed E-state index contributed by atoms with van der Waals surface area (Å²) < 4.78 is 12.0. The van der Waals surface area contributed by atoms with Crippen molar-refractivity contribution in [3.05, 3.63) is 0 Å². The van der Waals surface area contributed by atoms with E-state index < -0.39 is 0 Å². The summed E-state index contributed by atoms with van der Waals surface area (Å²) in [6, 6.07) is 0.809. The molecule has 0 aliphatic carbocycles. The summed E-state index contributed by atoms with van der Waals surface area (Å²) in [4.78, 5) is 2.57. The van der Waals surface area contributed by atoms with E-state index in [4.69, 9.17) is 0 Å². The van der Waals surface area contributed by atoms with Crippen molar-refractivity contribution in [2.24, 2.45) is 5.92 Å². The van der Waals surface area contributed by atoms with Crippen LogP contribution in [0.15, 0.2) is 0 Å². The standard InChI is InChI=1S/C14H27FN2/c15-8-2-1-3-10-17-11-6-13(7-12-17)14-5-4-9-16-14/h13-14,16H,1-12H2. The van der Waals surface area contributed by atoms with E-state index in [1.54, 1.807) is 0 Å². The molecule has 0 spiro atoms. The first-order chi connectivity index (χ1) is 8.40. The van der Waals surface area contributed by atoms with Crippen LogP contribution >= 0.6 is 0 Å². The fourth-order valence-corrected chi connectivity index (χ4v) is 3.30. The average molecular weight is 242 g/mol. The van der Waals surface area contributed by atoms with Gasteiger partial charge in [-0.2, -0.15) is 0 Å². The normalized spacial score (nSPS) is 27.7. The summed E-state index contributed by atoms with van der Waals surface area (Å²) in [6.45, 7) is 4.80. The SMILES string of the molecule is FCCCCCN1CCC(C2CCCN2)CC1. The van der Waals surface area contributed by atoms with Gasteiger partial charge in [0.2, 0.25) is 0 Å². The minimum atomic E-state index is -0.143. The summed E-state index contributed by atoms with van der Waals surface area (Å²) in [5.74, 6) is 0.916. The summed E-state index contributed by atoms with van der Waals surface area (Å²) in [5, 5.41) is 3.64. The van der Waals surface area contributed by atoms with Gasteiger partial charge in [0, 0.05) is 6.04 Å². The third-order valence-electron chi connectivity index (χ3n) is 4.41. The molecule has 0 aromatic carbocycles. The van der Waals surface area contributed by atoms with Crippen LogP contribution in [-0.2, 0) is 0 Å². The van der Waals surface area contributed by atoms with Gasteiger partial charge in [0.1, 0.15) is 0 Å². The van der Waals surface area contributed by atoms with Crippen LogP contribution in [0, 0.1) is 5.92 Å². The van der Waals surface area contributed by atoms with E-state index in [0.29, 0.717) is 0 Å². The van der Waals surface area contributed by atoms with Crippen molar-refractivity contribution >= 4 is 0 Å². The molecule has 2 rings (SSSR count). The lowest BCUT2D eigenvalue weighted by Crippen LogP contribution is -2.41. The molecule has 0 bridgehead atoms. The van der Waals surface area contributed by atoms with Crippen molar-refractivity contribution in [1.29, 1.82) is 0 Å². The summed E-state index contributed by atoms with van der Waals surface area (Å²) in [6.07, 6.45) is 8.47. The van der Waals surface area contributed by atoms with Crippen molar-refractivity contribution in [2.75, 3.05) is 32.9 Å². The van der Waals surface area contributed by atoms with Crippen molar-refractivity contribution in [3.8, 4) is 0 Å². The molecule has 1 N–H and O–H groups in total. The summed E-state index contributed by atoms with van der Waals surface area (Å²) in [5.41, 5.74) is 0. The van der Waals surface area contributed by atoms with Crippen LogP contribution in [0.1, 0.15) is 44.9 Å². The molecule has 0 saturated carbocycles. The highest BCUT2D eigenvalue weighted by atomic mass is 19.1. The van der Waals surface area contributed by atoms with Crippen LogP contribution in [0.3, 0.4) is 0 Å². The number of rotatable bonds is 6. The van der Waals surface area contributed by atoms with E-state index in [2.05, 4.69) is 10.2 Å². The number of nitrogens with one attached hydrogen (secondary N) is 1. The second kappa shape index (κ2) is 7.32. The Morgan fingerprint density at radius 1 is 1.06 bits per heavy atom. The lowest BCUT2D eigenvalue weighted by molar-refractivity contribution is 0.161. The van der Waals surface area contributed by atoms with E-state index in [9.17, 15) is 4.39 Å². The Hall–Kier alpha value is -0.150. The van der Waals surface area contributed by atoms with Gasteiger partial charge in [-0.25, -0.2) is 0 Å². The minimum absolute atomic E-state index is 0.143. The molecule has 0 aromatic heterocycles. The van der Waals surface area contributed by atoms with E-state index in [0.717, 1.165) is 24.8 Å². The number of halogens is 1. The van der Waals surface area contributed by atoms with E-state index in [1.807, 2.05) is 0 Å². The lowest BCUT2D eigenvalue weighted by Gasteiger charge is -2.34. The van der Waals surface area contributed by atoms with Gasteiger partial charge < -0.3 is 10.2 Å². The molecular formula is C14H27FN2. The van der Waals surface area contributed by atoms with Crippen molar-refractivity contribution in [2.45, 2.75) is 51.0 Å². The number of hydrogen-bond donors (Lipinski definition) is 1. The third kappa shape index (κ3) is 4.22. The molecule has 0 aromatic rings. The second-order valence-electron chi connectivity index (χ2n) is 5.63. The van der Waals surface area contributed by atoms with E-state index in [1.165, 1.54) is 58.3 Å². The van der Waals surface area contributed by atoms with Crippen LogP contribution in [0.5, 0.6) is 0 Å². The first-order valence-electron chi connectivity index (χ1n) is 7.42. The van der Waals surface area contributed by atoms with Gasteiger partial charge in [-0.15, -0.1) is 0 Å². The Balaban J connectivity index is 1.57. The second-order valence-corrected chi connectivity index (χ2v) is 5.63. The minimum Gasteiger partial charge on any atom is -0.314 e. The molecule has 2 aliphatic heterocycles. The molecule has 0 radical (unpaired) electrons. The van der Waals surface area contributed by atoms with E-state index >= 15 is 0 Å². The zero-order valence-electron chi connectivity index (χ0n) is 11.0. The first kappa shape index (κ1) is 13.3. The Morgan fingerprint density at radius 2 is 1.88 bits per heavy atom. The zero-order valence-corrected chi connectivity index (χ0v) is 11.0. The molecule has 2 saturated heterocycles. The van der Waals surface area contributed by atoms with Crippen molar-refractivity contribution in [3.63, 3.8) is 0 Å². The van der Waals surface area contributed by atoms with Crippen LogP contribution in [0.25, 0.3) is 0 Å². The maximum absolute atomic E-state index is 12.0. The molecule has 0 amide bonds. The molecule has 1 atom stereocenters. The number of nitrogens with zero attached hydrogens (tertiary/aromatic N) is 1. The number of piperidine rings is 1. The molecule has 2 nitrogen and oxygen atoms in total. The fraction of sp³-hybridized carbons (Fsp3) is 1.00. The molecule has 2 heterocycles. The highest BCUT2D eigenvalue weighted by Crippen LogP contribution is 2.25. The van der Waals surface area contributed by atoms with Gasteiger partial charge in [0.05, 0.1) is 6.67 Å². The monoisotopic (exact) mass is 242 g/mol. The Morgan fingerprint density at radius 3 is 2.53 bits per heavy atom. The third-order valence-corrected chi connectivity index (χ3v) is 4.41. The number of alkyl halides is 1. The molecule has 2 aliphatic rings. The zero-order chi connectivity index (χ0) is 11.9. The van der Waals surface area contributed by atoms with Gasteiger partial charge in [0.15, 0.2) is 0 Å². The quantitative estimate of drug-likeness (QED) is 0.720. The highest BCUT2D eigenvalue weighted by molar-refractivity contribution is 4.85. The Bertz CT molecular complexity index is 196. The van der Waals surface area contributed by atoms with Crippen molar-refractivity contribution in [1.82, 2.24) is 10.2 Å². The first-order valence-corrected chi connectivity index (χ1v) is 7.42. The Labute approximate surface area is 105 Å². The molecule has 3 heteroatoms. The molecule has 17 heavy (non-hydrogen) atoms. The van der Waals surface area contributed by atoms with Crippen molar-refractivity contribution < 1.29 is 4.39 Å². The van der Waals surface area contributed by atoms with E-state index in [-0.39, 0.29) is 6.67 Å². The van der Waals surface area contributed by atoms with Gasteiger partial charge in [0.25, 0.3) is 0 Å². The Kier molecular flexibility index (Phi) is 5.72. The molecule has 100 valence electrons. The van der Waals surface area contributed by atoms with Crippen LogP contribution < -0.4 is 5.32 Å². The number of unbranched alkanes of at least 4 members (excludes halogenated alkanes) is 2. The van der Waals surface area contributed by atoms with Gasteiger partial charge in [-0.3, -0.25) is 4.39 Å². The highest BCUT2D eigenvalue weighted by Gasteiger charge is 2.27. The maximum Gasteiger partial charge on any atom is 0.0894 e. The molecular weight excluding hydrogens is 215 g/mol. The molecule has 1 unspecified atom stereocenters. The van der Waals surface area contributed by atoms with Gasteiger partial charge in [-0.05, 0) is 77.0 Å². The summed E-state index contributed by atoms with van der Waals surface area (Å²) >= 11 is 0. The van der Waals surface area contributed by atoms with Crippen LogP contribution in [0.4, 0.5) is 4.39 Å². The smallest absolute Gasteiger partial charge is 0.0894 e. The number of hydrogen-bond acceptors (Lipinski definition) is 2. The predicted octanol–water partition coefficient (Wildman–Crippen LogP) is 2.59. The van der Waals surface area contributed by atoms with Gasteiger partial charge >= 0.3 is 0 Å². The summed E-state index contributed by atoms with van der Waals surface area (Å²) in [7, 11) is 0. The fourth-order valence-electron chi connectivity index (χ4n) is 3.30. The topological polar surface area (TPSA) is 15.3 Å².